The van der Waals surface area contributed by atoms with Gasteiger partial charge in [-0.2, -0.15) is 0 Å². The molecule has 0 bridgehead atoms. The van der Waals surface area contributed by atoms with Crippen molar-refractivity contribution in [1.29, 1.82) is 0 Å². The first-order chi connectivity index (χ1) is 15.8. The molecule has 2 aliphatic rings. The van der Waals surface area contributed by atoms with E-state index in [1.54, 1.807) is 0 Å². The zero-order valence-electron chi connectivity index (χ0n) is 19.8. The fourth-order valence-corrected chi connectivity index (χ4v) is 5.71. The maximum atomic E-state index is 12.8. The van der Waals surface area contributed by atoms with E-state index in [0.29, 0.717) is 12.1 Å². The molecule has 1 aromatic carbocycles. The first kappa shape index (κ1) is 27.3. The summed E-state index contributed by atoms with van der Waals surface area (Å²) in [6.07, 6.45) is 10.1. The van der Waals surface area contributed by atoms with Crippen molar-refractivity contribution in [2.24, 2.45) is 0 Å². The van der Waals surface area contributed by atoms with E-state index in [0.717, 1.165) is 79.7 Å². The molecule has 0 saturated heterocycles. The first-order valence-corrected chi connectivity index (χ1v) is 13.0. The number of amides is 2. The molecule has 0 fully saturated rings. The second-order valence-corrected chi connectivity index (χ2v) is 10.3. The van der Waals surface area contributed by atoms with Crippen LogP contribution in [0.1, 0.15) is 67.7 Å². The van der Waals surface area contributed by atoms with Gasteiger partial charge in [-0.25, -0.2) is 13.2 Å². The van der Waals surface area contributed by atoms with Crippen LogP contribution in [0.5, 0.6) is 0 Å². The van der Waals surface area contributed by atoms with Crippen molar-refractivity contribution in [3.63, 3.8) is 0 Å². The van der Waals surface area contributed by atoms with Gasteiger partial charge in [-0.3, -0.25) is 19.1 Å². The van der Waals surface area contributed by atoms with Gasteiger partial charge in [0.1, 0.15) is 0 Å². The number of unbranched alkanes of at least 4 members (excludes halogenated alkanes) is 3. The Hall–Kier alpha value is -1.24. The first-order valence-electron chi connectivity index (χ1n) is 11.6. The molecule has 2 N–H and O–H groups in total. The van der Waals surface area contributed by atoms with Crippen LogP contribution >= 0.6 is 0 Å². The van der Waals surface area contributed by atoms with Crippen molar-refractivity contribution >= 4 is 21.7 Å². The van der Waals surface area contributed by atoms with E-state index >= 15 is 0 Å². The summed E-state index contributed by atoms with van der Waals surface area (Å²) < 4.78 is 30.1. The number of hydrogen-bond donors (Lipinski definition) is 2. The van der Waals surface area contributed by atoms with Crippen molar-refractivity contribution in [2.75, 3.05) is 5.32 Å². The van der Waals surface area contributed by atoms with Crippen molar-refractivity contribution in [3.8, 4) is 0 Å². The SMILES string of the molecule is CCCCCCn1cc(S(=O)(=O)[N-]C(=O)Nc2c3c(cc4c2CCC4)CCC3)c(=O)[nH]c1=O.[K+]. The third-order valence-corrected chi connectivity index (χ3v) is 7.67. The monoisotopic (exact) mass is 512 g/mol. The number of carbonyl (C=O) groups is 1. The number of sulfonamides is 1. The molecule has 0 saturated carbocycles. The molecule has 34 heavy (non-hydrogen) atoms. The van der Waals surface area contributed by atoms with Gasteiger partial charge in [0.25, 0.3) is 5.56 Å². The largest absolute Gasteiger partial charge is 1.00 e. The van der Waals surface area contributed by atoms with Crippen LogP contribution in [0, 0.1) is 0 Å². The summed E-state index contributed by atoms with van der Waals surface area (Å²) in [6, 6.07) is 1.17. The van der Waals surface area contributed by atoms with Crippen molar-refractivity contribution in [1.82, 2.24) is 9.55 Å². The fraction of sp³-hybridized carbons (Fsp3) is 0.522. The topological polar surface area (TPSA) is 132 Å². The Morgan fingerprint density at radius 2 is 1.71 bits per heavy atom. The number of urea groups is 1. The van der Waals surface area contributed by atoms with Crippen LogP contribution in [0.3, 0.4) is 0 Å². The second-order valence-electron chi connectivity index (χ2n) is 8.74. The molecule has 0 radical (unpaired) electrons. The van der Waals surface area contributed by atoms with Crippen LogP contribution in [-0.4, -0.2) is 24.0 Å². The van der Waals surface area contributed by atoms with Gasteiger partial charge in [-0.15, -0.1) is 0 Å². The van der Waals surface area contributed by atoms with Gasteiger partial charge < -0.3 is 10.0 Å². The molecule has 2 aromatic rings. The predicted octanol–water partition coefficient (Wildman–Crippen LogP) is 0.393. The Morgan fingerprint density at radius 1 is 1.06 bits per heavy atom. The molecular formula is C23H29KN4O5S. The number of aryl methyl sites for hydroxylation is 3. The average molecular weight is 513 g/mol. The predicted molar refractivity (Wildman–Crippen MR) is 126 cm³/mol. The number of hydrogen-bond acceptors (Lipinski definition) is 5. The van der Waals surface area contributed by atoms with E-state index in [1.807, 2.05) is 4.98 Å². The van der Waals surface area contributed by atoms with E-state index in [1.165, 1.54) is 11.1 Å². The minimum absolute atomic E-state index is 0. The zero-order valence-corrected chi connectivity index (χ0v) is 23.7. The summed E-state index contributed by atoms with van der Waals surface area (Å²) in [7, 11) is -4.60. The summed E-state index contributed by atoms with van der Waals surface area (Å²) >= 11 is 0. The Morgan fingerprint density at radius 3 is 2.32 bits per heavy atom. The van der Waals surface area contributed by atoms with Gasteiger partial charge in [-0.05, 0) is 72.9 Å². The number of aromatic amines is 1. The van der Waals surface area contributed by atoms with E-state index in [2.05, 4.69) is 23.0 Å². The summed E-state index contributed by atoms with van der Waals surface area (Å²) in [5.74, 6) is 0. The van der Waals surface area contributed by atoms with Gasteiger partial charge in [0.05, 0.1) is 0 Å². The van der Waals surface area contributed by atoms with Crippen LogP contribution in [0.25, 0.3) is 4.72 Å². The molecule has 0 aliphatic heterocycles. The molecule has 0 atom stereocenters. The van der Waals surface area contributed by atoms with E-state index < -0.39 is 32.2 Å². The van der Waals surface area contributed by atoms with Crippen LogP contribution in [0.4, 0.5) is 10.5 Å². The average Bonchev–Trinajstić information content (AvgIpc) is 3.41. The maximum Gasteiger partial charge on any atom is 1.00 e. The molecule has 2 amide bonds. The molecule has 9 nitrogen and oxygen atoms in total. The number of rotatable bonds is 8. The third-order valence-electron chi connectivity index (χ3n) is 6.42. The normalized spacial score (nSPS) is 14.3. The fourth-order valence-electron chi connectivity index (χ4n) is 4.80. The molecular weight excluding hydrogens is 483 g/mol. The Labute approximate surface area is 241 Å². The summed E-state index contributed by atoms with van der Waals surface area (Å²) in [6.45, 7) is 2.33. The second kappa shape index (κ2) is 11.7. The standard InChI is InChI=1S/C23H30N4O5S.K/c1-2-3-4-5-12-27-14-19(21(28)25-23(27)30)33(31,32)26-22(29)24-20-17-10-6-8-15(17)13-16-9-7-11-18(16)20;/h13-14H,2-12H2,1H3,(H3,24,25,26,28,29,30);/q;+1/p-1. The van der Waals surface area contributed by atoms with Crippen molar-refractivity contribution in [3.05, 3.63) is 60.1 Å². The molecule has 11 heteroatoms. The summed E-state index contributed by atoms with van der Waals surface area (Å²) in [4.78, 5) is 38.3. The van der Waals surface area contributed by atoms with Crippen molar-refractivity contribution in [2.45, 2.75) is 82.6 Å². The zero-order chi connectivity index (χ0) is 23.6. The number of H-pyrrole nitrogens is 1. The van der Waals surface area contributed by atoms with Gasteiger partial charge in [0.2, 0.25) is 10.0 Å². The number of benzene rings is 1. The van der Waals surface area contributed by atoms with E-state index in [9.17, 15) is 22.8 Å². The van der Waals surface area contributed by atoms with Crippen LogP contribution in [-0.2, 0) is 42.3 Å². The number of carbonyl (C=O) groups excluding carboxylic acids is 1. The van der Waals surface area contributed by atoms with E-state index in [-0.39, 0.29) is 57.9 Å². The molecule has 0 unspecified atom stereocenters. The molecule has 1 heterocycles. The number of nitrogens with zero attached hydrogens (tertiary/aromatic N) is 2. The van der Waals surface area contributed by atoms with Gasteiger partial charge >= 0.3 is 57.1 Å². The van der Waals surface area contributed by atoms with Gasteiger partial charge in [0, 0.05) is 12.7 Å². The molecule has 2 aliphatic carbocycles. The van der Waals surface area contributed by atoms with Gasteiger partial charge in [0.15, 0.2) is 10.9 Å². The van der Waals surface area contributed by atoms with E-state index in [4.69, 9.17) is 0 Å². The van der Waals surface area contributed by atoms with Gasteiger partial charge in [-0.1, -0.05) is 32.3 Å². The van der Waals surface area contributed by atoms with Crippen LogP contribution in [0.2, 0.25) is 0 Å². The van der Waals surface area contributed by atoms with Crippen molar-refractivity contribution < 1.29 is 64.6 Å². The quantitative estimate of drug-likeness (QED) is 0.390. The number of nitrogens with one attached hydrogen (secondary N) is 2. The Kier molecular flexibility index (Phi) is 9.38. The minimum atomic E-state index is -4.60. The molecule has 1 aromatic heterocycles. The Bertz CT molecular complexity index is 1270. The molecule has 178 valence electrons. The smallest absolute Gasteiger partial charge is 0.423 e. The minimum Gasteiger partial charge on any atom is -0.423 e. The third kappa shape index (κ3) is 5.93. The maximum absolute atomic E-state index is 12.8. The Balaban J connectivity index is 0.00000324. The summed E-state index contributed by atoms with van der Waals surface area (Å²) in [5.41, 5.74) is 3.40. The molecule has 4 rings (SSSR count). The number of fused-ring (bicyclic) bond motifs is 2. The number of aromatic nitrogens is 2. The molecule has 0 spiro atoms. The number of anilines is 1. The summed E-state index contributed by atoms with van der Waals surface area (Å²) in [5, 5.41) is 2.70. The van der Waals surface area contributed by atoms with Crippen LogP contribution < -0.4 is 68.0 Å². The van der Waals surface area contributed by atoms with Crippen LogP contribution in [0.15, 0.2) is 26.7 Å².